The fraction of sp³-hybridized carbons (Fsp3) is 0.389. The van der Waals surface area contributed by atoms with Crippen LogP contribution in [0.25, 0.3) is 10.8 Å². The van der Waals surface area contributed by atoms with Crippen LogP contribution in [0.3, 0.4) is 0 Å². The minimum Gasteiger partial charge on any atom is -0.483 e. The van der Waals surface area contributed by atoms with Crippen LogP contribution in [-0.4, -0.2) is 25.1 Å². The predicted octanol–water partition coefficient (Wildman–Crippen LogP) is 2.71. The van der Waals surface area contributed by atoms with Gasteiger partial charge >= 0.3 is 0 Å². The van der Waals surface area contributed by atoms with Crippen LogP contribution in [-0.2, 0) is 4.79 Å². The van der Waals surface area contributed by atoms with Crippen LogP contribution in [0.1, 0.15) is 20.3 Å². The molecule has 1 amide bonds. The third-order valence-electron chi connectivity index (χ3n) is 3.51. The average molecular weight is 300 g/mol. The van der Waals surface area contributed by atoms with E-state index in [0.29, 0.717) is 12.5 Å². The first-order valence-electron chi connectivity index (χ1n) is 7.70. The standard InChI is InChI=1S/C18H24N2O2/c1-13(2)10-15(11-19)20-18(21)12-22-17-9-5-7-14-6-3-4-8-16(14)17/h3-9,13,15H,10-12,19H2,1-2H3,(H,20,21). The quantitative estimate of drug-likeness (QED) is 0.826. The molecular formula is C18H24N2O2. The van der Waals surface area contributed by atoms with Gasteiger partial charge in [0.05, 0.1) is 0 Å². The number of carbonyl (C=O) groups is 1. The highest BCUT2D eigenvalue weighted by atomic mass is 16.5. The van der Waals surface area contributed by atoms with E-state index in [4.69, 9.17) is 10.5 Å². The number of benzene rings is 2. The Morgan fingerprint density at radius 2 is 1.91 bits per heavy atom. The Labute approximate surface area is 131 Å². The SMILES string of the molecule is CC(C)CC(CN)NC(=O)COc1cccc2ccccc12. The van der Waals surface area contributed by atoms with Gasteiger partial charge in [-0.15, -0.1) is 0 Å². The molecule has 0 aromatic heterocycles. The lowest BCUT2D eigenvalue weighted by atomic mass is 10.0. The van der Waals surface area contributed by atoms with Crippen molar-refractivity contribution in [2.24, 2.45) is 11.7 Å². The van der Waals surface area contributed by atoms with E-state index >= 15 is 0 Å². The fourth-order valence-corrected chi connectivity index (χ4v) is 2.52. The molecule has 0 radical (unpaired) electrons. The van der Waals surface area contributed by atoms with Crippen molar-refractivity contribution in [3.05, 3.63) is 42.5 Å². The molecule has 0 aliphatic heterocycles. The third kappa shape index (κ3) is 4.46. The summed E-state index contributed by atoms with van der Waals surface area (Å²) in [6, 6.07) is 13.8. The fourth-order valence-electron chi connectivity index (χ4n) is 2.52. The van der Waals surface area contributed by atoms with Gasteiger partial charge in [0, 0.05) is 18.0 Å². The molecule has 0 aliphatic rings. The third-order valence-corrected chi connectivity index (χ3v) is 3.51. The Balaban J connectivity index is 1.95. The van der Waals surface area contributed by atoms with Crippen LogP contribution in [0, 0.1) is 5.92 Å². The Bertz CT molecular complexity index is 620. The largest absolute Gasteiger partial charge is 0.483 e. The van der Waals surface area contributed by atoms with Crippen molar-refractivity contribution >= 4 is 16.7 Å². The summed E-state index contributed by atoms with van der Waals surface area (Å²) in [5, 5.41) is 5.03. The van der Waals surface area contributed by atoms with Crippen LogP contribution in [0.15, 0.2) is 42.5 Å². The molecule has 0 fully saturated rings. The van der Waals surface area contributed by atoms with Crippen LogP contribution in [0.4, 0.5) is 0 Å². The Morgan fingerprint density at radius 3 is 2.64 bits per heavy atom. The summed E-state index contributed by atoms with van der Waals surface area (Å²) >= 11 is 0. The molecule has 3 N–H and O–H groups in total. The molecule has 2 aromatic rings. The Morgan fingerprint density at radius 1 is 1.18 bits per heavy atom. The number of rotatable bonds is 7. The molecule has 2 aromatic carbocycles. The molecule has 0 saturated heterocycles. The number of nitrogens with one attached hydrogen (secondary N) is 1. The maximum absolute atomic E-state index is 12.0. The zero-order chi connectivity index (χ0) is 15.9. The molecular weight excluding hydrogens is 276 g/mol. The number of carbonyl (C=O) groups excluding carboxylic acids is 1. The maximum Gasteiger partial charge on any atom is 0.258 e. The summed E-state index contributed by atoms with van der Waals surface area (Å²) in [5.41, 5.74) is 5.70. The number of amides is 1. The molecule has 22 heavy (non-hydrogen) atoms. The van der Waals surface area contributed by atoms with Crippen molar-refractivity contribution in [3.63, 3.8) is 0 Å². The predicted molar refractivity (Wildman–Crippen MR) is 89.9 cm³/mol. The van der Waals surface area contributed by atoms with Gasteiger partial charge in [-0.25, -0.2) is 0 Å². The number of ether oxygens (including phenoxy) is 1. The molecule has 1 atom stereocenters. The number of hydrogen-bond donors (Lipinski definition) is 2. The number of nitrogens with two attached hydrogens (primary N) is 1. The second-order valence-corrected chi connectivity index (χ2v) is 5.90. The highest BCUT2D eigenvalue weighted by molar-refractivity contribution is 5.88. The molecule has 4 nitrogen and oxygen atoms in total. The monoisotopic (exact) mass is 300 g/mol. The zero-order valence-electron chi connectivity index (χ0n) is 13.2. The maximum atomic E-state index is 12.0. The van der Waals surface area contributed by atoms with Gasteiger partial charge in [-0.3, -0.25) is 4.79 Å². The van der Waals surface area contributed by atoms with Gasteiger partial charge in [0.1, 0.15) is 5.75 Å². The van der Waals surface area contributed by atoms with Crippen molar-refractivity contribution < 1.29 is 9.53 Å². The molecule has 4 heteroatoms. The van der Waals surface area contributed by atoms with Gasteiger partial charge in [0.15, 0.2) is 6.61 Å². The highest BCUT2D eigenvalue weighted by Crippen LogP contribution is 2.24. The minimum absolute atomic E-state index is 0.00258. The van der Waals surface area contributed by atoms with Crippen molar-refractivity contribution in [2.75, 3.05) is 13.2 Å². The van der Waals surface area contributed by atoms with Crippen LogP contribution >= 0.6 is 0 Å². The van der Waals surface area contributed by atoms with E-state index in [9.17, 15) is 4.79 Å². The van der Waals surface area contributed by atoms with Crippen molar-refractivity contribution in [3.8, 4) is 5.75 Å². The summed E-state index contributed by atoms with van der Waals surface area (Å²) in [6.45, 7) is 4.67. The summed E-state index contributed by atoms with van der Waals surface area (Å²) in [4.78, 5) is 12.0. The van der Waals surface area contributed by atoms with Crippen LogP contribution in [0.5, 0.6) is 5.75 Å². The topological polar surface area (TPSA) is 64.3 Å². The van der Waals surface area contributed by atoms with E-state index in [2.05, 4.69) is 19.2 Å². The van der Waals surface area contributed by atoms with Gasteiger partial charge < -0.3 is 15.8 Å². The van der Waals surface area contributed by atoms with Crippen molar-refractivity contribution in [1.29, 1.82) is 0 Å². The highest BCUT2D eigenvalue weighted by Gasteiger charge is 2.13. The van der Waals surface area contributed by atoms with Gasteiger partial charge in [-0.2, -0.15) is 0 Å². The molecule has 0 spiro atoms. The molecule has 118 valence electrons. The summed E-state index contributed by atoms with van der Waals surface area (Å²) in [7, 11) is 0. The Kier molecular flexibility index (Phi) is 5.78. The molecule has 0 saturated carbocycles. The minimum atomic E-state index is -0.135. The van der Waals surface area contributed by atoms with Crippen molar-refractivity contribution in [1.82, 2.24) is 5.32 Å². The van der Waals surface area contributed by atoms with Gasteiger partial charge in [0.2, 0.25) is 0 Å². The lowest BCUT2D eigenvalue weighted by Crippen LogP contribution is -2.43. The second kappa shape index (κ2) is 7.80. The molecule has 0 aliphatic carbocycles. The first kappa shape index (κ1) is 16.3. The van der Waals surface area contributed by atoms with Crippen LogP contribution in [0.2, 0.25) is 0 Å². The van der Waals surface area contributed by atoms with E-state index in [1.807, 2.05) is 42.5 Å². The van der Waals surface area contributed by atoms with E-state index < -0.39 is 0 Å². The number of fused-ring (bicyclic) bond motifs is 1. The van der Waals surface area contributed by atoms with Crippen molar-refractivity contribution in [2.45, 2.75) is 26.3 Å². The first-order chi connectivity index (χ1) is 10.6. The van der Waals surface area contributed by atoms with E-state index in [-0.39, 0.29) is 18.6 Å². The number of hydrogen-bond acceptors (Lipinski definition) is 3. The summed E-state index contributed by atoms with van der Waals surface area (Å²) in [6.07, 6.45) is 0.872. The normalized spacial score (nSPS) is 12.4. The van der Waals surface area contributed by atoms with E-state index in [1.165, 1.54) is 0 Å². The molecule has 2 rings (SSSR count). The lowest BCUT2D eigenvalue weighted by molar-refractivity contribution is -0.123. The first-order valence-corrected chi connectivity index (χ1v) is 7.70. The smallest absolute Gasteiger partial charge is 0.258 e. The summed E-state index contributed by atoms with van der Waals surface area (Å²) < 4.78 is 5.68. The molecule has 0 heterocycles. The molecule has 1 unspecified atom stereocenters. The average Bonchev–Trinajstić information content (AvgIpc) is 2.51. The van der Waals surface area contributed by atoms with Gasteiger partial charge in [-0.05, 0) is 23.8 Å². The lowest BCUT2D eigenvalue weighted by Gasteiger charge is -2.19. The second-order valence-electron chi connectivity index (χ2n) is 5.90. The van der Waals surface area contributed by atoms with Gasteiger partial charge in [0.25, 0.3) is 5.91 Å². The van der Waals surface area contributed by atoms with E-state index in [1.54, 1.807) is 0 Å². The Hall–Kier alpha value is -2.07. The zero-order valence-corrected chi connectivity index (χ0v) is 13.2. The van der Waals surface area contributed by atoms with Crippen LogP contribution < -0.4 is 15.8 Å². The molecule has 0 bridgehead atoms. The van der Waals surface area contributed by atoms with Gasteiger partial charge in [-0.1, -0.05) is 50.2 Å². The summed E-state index contributed by atoms with van der Waals surface area (Å²) in [5.74, 6) is 1.08. The van der Waals surface area contributed by atoms with E-state index in [0.717, 1.165) is 22.9 Å².